The lowest BCUT2D eigenvalue weighted by Crippen LogP contribution is -3.18. The minimum Gasteiger partial charge on any atom is -0.339 e. The van der Waals surface area contributed by atoms with E-state index >= 15 is 0 Å². The lowest BCUT2D eigenvalue weighted by molar-refractivity contribution is -0.933. The first kappa shape index (κ1) is 10.4. The largest absolute Gasteiger partial charge is 0.339 e. The van der Waals surface area contributed by atoms with E-state index in [-0.39, 0.29) is 0 Å². The summed E-state index contributed by atoms with van der Waals surface area (Å²) in [6.07, 6.45) is 10.3. The Balaban J connectivity index is 1.90. The molecule has 1 unspecified atom stereocenters. The van der Waals surface area contributed by atoms with Gasteiger partial charge in [-0.15, -0.1) is 0 Å². The number of nitrogens with one attached hydrogen (secondary N) is 1. The normalized spacial score (nSPS) is 40.5. The Hall–Kier alpha value is -0.0800. The van der Waals surface area contributed by atoms with Gasteiger partial charge in [0.05, 0.1) is 20.1 Å². The summed E-state index contributed by atoms with van der Waals surface area (Å²) >= 11 is 0. The molecule has 82 valence electrons. The van der Waals surface area contributed by atoms with Gasteiger partial charge in [-0.2, -0.15) is 0 Å². The van der Waals surface area contributed by atoms with E-state index < -0.39 is 0 Å². The molecule has 2 aliphatic rings. The summed E-state index contributed by atoms with van der Waals surface area (Å²) in [7, 11) is 2.41. The average molecular weight is 198 g/mol. The van der Waals surface area contributed by atoms with Gasteiger partial charge in [-0.3, -0.25) is 0 Å². The number of nitrogens with two attached hydrogens (primary N) is 1. The molecular weight excluding hydrogens is 172 g/mol. The fourth-order valence-electron chi connectivity index (χ4n) is 3.30. The zero-order valence-corrected chi connectivity index (χ0v) is 9.60. The Labute approximate surface area is 88.1 Å². The molecule has 0 aromatic rings. The van der Waals surface area contributed by atoms with Crippen molar-refractivity contribution in [2.75, 3.05) is 20.1 Å². The second kappa shape index (κ2) is 5.13. The van der Waals surface area contributed by atoms with Crippen LogP contribution < -0.4 is 10.2 Å². The monoisotopic (exact) mass is 198 g/mol. The van der Waals surface area contributed by atoms with Gasteiger partial charge in [0.1, 0.15) is 12.1 Å². The van der Waals surface area contributed by atoms with Crippen LogP contribution >= 0.6 is 0 Å². The van der Waals surface area contributed by atoms with Crippen molar-refractivity contribution in [3.05, 3.63) is 0 Å². The van der Waals surface area contributed by atoms with Crippen molar-refractivity contribution in [1.29, 1.82) is 0 Å². The fraction of sp³-hybridized carbons (Fsp3) is 1.00. The molecule has 3 N–H and O–H groups in total. The molecule has 0 spiro atoms. The third-order valence-electron chi connectivity index (χ3n) is 4.20. The Morgan fingerprint density at radius 2 is 1.86 bits per heavy atom. The quantitative estimate of drug-likeness (QED) is 0.570. The van der Waals surface area contributed by atoms with E-state index in [1.54, 1.807) is 4.90 Å². The van der Waals surface area contributed by atoms with E-state index in [1.165, 1.54) is 58.0 Å². The van der Waals surface area contributed by atoms with Crippen molar-refractivity contribution in [2.45, 2.75) is 57.0 Å². The van der Waals surface area contributed by atoms with Crippen LogP contribution in [0.15, 0.2) is 0 Å². The van der Waals surface area contributed by atoms with Gasteiger partial charge in [-0.25, -0.2) is 0 Å². The number of likely N-dealkylation sites (N-methyl/N-ethyl adjacent to an activating group) is 1. The number of hydrogen-bond donors (Lipinski definition) is 2. The van der Waals surface area contributed by atoms with Crippen molar-refractivity contribution in [1.82, 2.24) is 0 Å². The first-order valence-corrected chi connectivity index (χ1v) is 6.53. The molecule has 0 amide bonds. The van der Waals surface area contributed by atoms with Crippen molar-refractivity contribution in [3.8, 4) is 0 Å². The van der Waals surface area contributed by atoms with Gasteiger partial charge < -0.3 is 10.2 Å². The maximum absolute atomic E-state index is 2.65. The highest BCUT2D eigenvalue weighted by molar-refractivity contribution is 4.71. The summed E-state index contributed by atoms with van der Waals surface area (Å²) < 4.78 is 0. The first-order valence-electron chi connectivity index (χ1n) is 6.53. The highest BCUT2D eigenvalue weighted by Crippen LogP contribution is 2.11. The predicted octanol–water partition coefficient (Wildman–Crippen LogP) is -0.440. The topological polar surface area (TPSA) is 21.1 Å². The van der Waals surface area contributed by atoms with Crippen molar-refractivity contribution in [2.24, 2.45) is 0 Å². The van der Waals surface area contributed by atoms with Crippen LogP contribution in [-0.4, -0.2) is 32.2 Å². The molecule has 0 aromatic heterocycles. The molecule has 2 aliphatic heterocycles. The zero-order valence-electron chi connectivity index (χ0n) is 9.60. The van der Waals surface area contributed by atoms with Crippen LogP contribution in [0, 0.1) is 0 Å². The molecule has 2 saturated heterocycles. The molecule has 0 radical (unpaired) electrons. The highest BCUT2D eigenvalue weighted by Gasteiger charge is 2.33. The summed E-state index contributed by atoms with van der Waals surface area (Å²) in [5.41, 5.74) is 0. The third kappa shape index (κ3) is 2.48. The third-order valence-corrected chi connectivity index (χ3v) is 4.20. The van der Waals surface area contributed by atoms with E-state index in [4.69, 9.17) is 0 Å². The fourth-order valence-corrected chi connectivity index (χ4v) is 3.30. The minimum atomic E-state index is 0.942. The van der Waals surface area contributed by atoms with Gasteiger partial charge in [0, 0.05) is 12.8 Å². The van der Waals surface area contributed by atoms with E-state index in [0.717, 1.165) is 12.1 Å². The lowest BCUT2D eigenvalue weighted by Gasteiger charge is -2.33. The summed E-state index contributed by atoms with van der Waals surface area (Å²) in [5, 5.41) is 2.65. The molecular formula is C12H26N2+2. The number of likely N-dealkylation sites (tertiary alicyclic amines) is 1. The molecule has 2 heteroatoms. The molecule has 0 aromatic carbocycles. The van der Waals surface area contributed by atoms with E-state index in [0.29, 0.717) is 0 Å². The smallest absolute Gasteiger partial charge is 0.140 e. The summed E-state index contributed by atoms with van der Waals surface area (Å²) in [5.74, 6) is 0. The maximum Gasteiger partial charge on any atom is 0.140 e. The Bertz CT molecular complexity index is 162. The first-order chi connectivity index (χ1) is 6.88. The Morgan fingerprint density at radius 3 is 2.71 bits per heavy atom. The van der Waals surface area contributed by atoms with Gasteiger partial charge in [0.25, 0.3) is 0 Å². The zero-order chi connectivity index (χ0) is 9.80. The van der Waals surface area contributed by atoms with Crippen molar-refractivity contribution < 1.29 is 10.2 Å². The van der Waals surface area contributed by atoms with Crippen LogP contribution in [0.2, 0.25) is 0 Å². The van der Waals surface area contributed by atoms with E-state index in [1.807, 2.05) is 0 Å². The van der Waals surface area contributed by atoms with E-state index in [9.17, 15) is 0 Å². The van der Waals surface area contributed by atoms with Gasteiger partial charge in [-0.05, 0) is 32.1 Å². The molecule has 3 atom stereocenters. The number of quaternary nitrogens is 2. The Kier molecular flexibility index (Phi) is 3.82. The maximum atomic E-state index is 2.65. The van der Waals surface area contributed by atoms with Crippen LogP contribution in [0.25, 0.3) is 0 Å². The van der Waals surface area contributed by atoms with Crippen LogP contribution in [0.3, 0.4) is 0 Å². The molecule has 14 heavy (non-hydrogen) atoms. The van der Waals surface area contributed by atoms with Gasteiger partial charge >= 0.3 is 0 Å². The van der Waals surface area contributed by atoms with Crippen molar-refractivity contribution >= 4 is 0 Å². The SMILES string of the molecule is C[NH+]1CCCC[C@@H]1[C@@H]1CCCCC[NH2+]1. The second-order valence-electron chi connectivity index (χ2n) is 5.24. The molecule has 2 nitrogen and oxygen atoms in total. The lowest BCUT2D eigenvalue weighted by atomic mass is 9.93. The van der Waals surface area contributed by atoms with E-state index in [2.05, 4.69) is 12.4 Å². The molecule has 0 saturated carbocycles. The predicted molar refractivity (Wildman–Crippen MR) is 58.4 cm³/mol. The minimum absolute atomic E-state index is 0.942. The summed E-state index contributed by atoms with van der Waals surface area (Å²) in [4.78, 5) is 1.81. The van der Waals surface area contributed by atoms with Crippen LogP contribution in [0.4, 0.5) is 0 Å². The molecule has 2 fully saturated rings. The average Bonchev–Trinajstić information content (AvgIpc) is 2.47. The van der Waals surface area contributed by atoms with Crippen LogP contribution in [0.1, 0.15) is 44.9 Å². The molecule has 2 rings (SSSR count). The standard InChI is InChI=1S/C12H24N2/c1-14-10-6-4-8-12(14)11-7-3-2-5-9-13-11/h11-13H,2-10H2,1H3/p+2/t11-,12+/m0/s1. The molecule has 0 bridgehead atoms. The molecule has 0 aliphatic carbocycles. The summed E-state index contributed by atoms with van der Waals surface area (Å²) in [6.45, 7) is 2.80. The van der Waals surface area contributed by atoms with Crippen LogP contribution in [-0.2, 0) is 0 Å². The second-order valence-corrected chi connectivity index (χ2v) is 5.24. The number of piperidine rings is 1. The summed E-state index contributed by atoms with van der Waals surface area (Å²) in [6, 6.07) is 1.90. The van der Waals surface area contributed by atoms with Crippen LogP contribution in [0.5, 0.6) is 0 Å². The molecule has 2 heterocycles. The van der Waals surface area contributed by atoms with Gasteiger partial charge in [0.2, 0.25) is 0 Å². The Morgan fingerprint density at radius 1 is 1.00 bits per heavy atom. The van der Waals surface area contributed by atoms with Crippen molar-refractivity contribution in [3.63, 3.8) is 0 Å². The number of rotatable bonds is 1. The number of hydrogen-bond acceptors (Lipinski definition) is 0. The van der Waals surface area contributed by atoms with Gasteiger partial charge in [-0.1, -0.05) is 0 Å². The highest BCUT2D eigenvalue weighted by atomic mass is 15.2. The van der Waals surface area contributed by atoms with Gasteiger partial charge in [0.15, 0.2) is 0 Å².